The Balaban J connectivity index is 1.84. The highest BCUT2D eigenvalue weighted by atomic mass is 15.0. The summed E-state index contributed by atoms with van der Waals surface area (Å²) in [5.41, 5.74) is 2.60. The number of nitrogens with zero attached hydrogens (tertiary/aromatic N) is 1. The zero-order valence-corrected chi connectivity index (χ0v) is 11.6. The Hall–Kier alpha value is -1.06. The van der Waals surface area contributed by atoms with Crippen molar-refractivity contribution in [3.63, 3.8) is 0 Å². The number of benzene rings is 1. The summed E-state index contributed by atoms with van der Waals surface area (Å²) >= 11 is 0. The molecule has 18 heavy (non-hydrogen) atoms. The number of rotatable bonds is 5. The van der Waals surface area contributed by atoms with Crippen molar-refractivity contribution in [2.45, 2.75) is 31.8 Å². The van der Waals surface area contributed by atoms with E-state index in [9.17, 15) is 0 Å². The molecule has 1 saturated heterocycles. The average Bonchev–Trinajstić information content (AvgIpc) is 2.37. The van der Waals surface area contributed by atoms with Gasteiger partial charge in [-0.1, -0.05) is 18.6 Å². The van der Waals surface area contributed by atoms with Crippen LogP contribution in [-0.2, 0) is 6.54 Å². The van der Waals surface area contributed by atoms with Crippen LogP contribution >= 0.6 is 0 Å². The Morgan fingerprint density at radius 3 is 2.94 bits per heavy atom. The van der Waals surface area contributed by atoms with Crippen molar-refractivity contribution in [1.29, 1.82) is 0 Å². The molecular weight excluding hydrogens is 222 g/mol. The van der Waals surface area contributed by atoms with Gasteiger partial charge in [-0.3, -0.25) is 0 Å². The lowest BCUT2D eigenvalue weighted by Gasteiger charge is -2.24. The number of nitrogens with one attached hydrogen (secondary N) is 2. The molecule has 0 bridgehead atoms. The number of piperidine rings is 1. The number of hydrogen-bond acceptors (Lipinski definition) is 3. The van der Waals surface area contributed by atoms with Crippen LogP contribution in [0.4, 0.5) is 5.69 Å². The molecule has 1 atom stereocenters. The molecule has 3 heteroatoms. The summed E-state index contributed by atoms with van der Waals surface area (Å²) in [5, 5.41) is 7.11. The second-order valence-electron chi connectivity index (χ2n) is 5.47. The Labute approximate surface area is 111 Å². The molecular formula is C15H25N3. The minimum Gasteiger partial charge on any atom is -0.383 e. The lowest BCUT2D eigenvalue weighted by atomic mass is 10.0. The van der Waals surface area contributed by atoms with Gasteiger partial charge >= 0.3 is 0 Å². The molecule has 0 saturated carbocycles. The minimum atomic E-state index is 0.635. The second kappa shape index (κ2) is 6.76. The van der Waals surface area contributed by atoms with Crippen LogP contribution < -0.4 is 10.6 Å². The van der Waals surface area contributed by atoms with Crippen LogP contribution in [0, 0.1) is 0 Å². The quantitative estimate of drug-likeness (QED) is 0.836. The molecule has 1 unspecified atom stereocenters. The molecule has 1 aliphatic rings. The molecule has 1 aromatic carbocycles. The van der Waals surface area contributed by atoms with Crippen LogP contribution in [0.1, 0.15) is 24.8 Å². The van der Waals surface area contributed by atoms with Gasteiger partial charge in [-0.15, -0.1) is 0 Å². The predicted molar refractivity (Wildman–Crippen MR) is 78.0 cm³/mol. The Bertz CT molecular complexity index is 357. The highest BCUT2D eigenvalue weighted by Crippen LogP contribution is 2.13. The fourth-order valence-electron chi connectivity index (χ4n) is 2.48. The maximum atomic E-state index is 3.57. The van der Waals surface area contributed by atoms with Gasteiger partial charge in [-0.25, -0.2) is 0 Å². The molecule has 2 N–H and O–H groups in total. The third kappa shape index (κ3) is 4.31. The van der Waals surface area contributed by atoms with E-state index in [1.54, 1.807) is 0 Å². The standard InChI is InChI=1S/C15H25N3/c1-18(2)12-13-6-5-8-14(10-13)17-11-15-7-3-4-9-16-15/h5-6,8,10,15-17H,3-4,7,9,11-12H2,1-2H3. The van der Waals surface area contributed by atoms with E-state index in [0.29, 0.717) is 6.04 Å². The van der Waals surface area contributed by atoms with Gasteiger partial charge in [-0.05, 0) is 51.2 Å². The molecule has 1 aromatic rings. The smallest absolute Gasteiger partial charge is 0.0343 e. The molecule has 2 rings (SSSR count). The number of hydrogen-bond donors (Lipinski definition) is 2. The average molecular weight is 247 g/mol. The molecule has 0 spiro atoms. The van der Waals surface area contributed by atoms with E-state index in [2.05, 4.69) is 53.9 Å². The van der Waals surface area contributed by atoms with E-state index in [0.717, 1.165) is 13.1 Å². The lowest BCUT2D eigenvalue weighted by Crippen LogP contribution is -2.39. The van der Waals surface area contributed by atoms with Crippen LogP contribution in [0.25, 0.3) is 0 Å². The number of anilines is 1. The Kier molecular flexibility index (Phi) is 5.02. The first kappa shape index (κ1) is 13.4. The minimum absolute atomic E-state index is 0.635. The summed E-state index contributed by atoms with van der Waals surface area (Å²) in [4.78, 5) is 2.20. The van der Waals surface area contributed by atoms with Crippen molar-refractivity contribution in [2.24, 2.45) is 0 Å². The topological polar surface area (TPSA) is 27.3 Å². The van der Waals surface area contributed by atoms with E-state index >= 15 is 0 Å². The monoisotopic (exact) mass is 247 g/mol. The van der Waals surface area contributed by atoms with E-state index in [-0.39, 0.29) is 0 Å². The normalized spacial score (nSPS) is 20.1. The second-order valence-corrected chi connectivity index (χ2v) is 5.47. The highest BCUT2D eigenvalue weighted by molar-refractivity contribution is 5.45. The van der Waals surface area contributed by atoms with Crippen molar-refractivity contribution in [1.82, 2.24) is 10.2 Å². The third-order valence-electron chi connectivity index (χ3n) is 3.39. The van der Waals surface area contributed by atoms with Crippen LogP contribution in [-0.4, -0.2) is 38.1 Å². The first-order valence-electron chi connectivity index (χ1n) is 6.95. The van der Waals surface area contributed by atoms with Gasteiger partial charge in [0, 0.05) is 24.8 Å². The van der Waals surface area contributed by atoms with Crippen LogP contribution in [0.15, 0.2) is 24.3 Å². The summed E-state index contributed by atoms with van der Waals surface area (Å²) in [6, 6.07) is 9.36. The predicted octanol–water partition coefficient (Wildman–Crippen LogP) is 2.30. The van der Waals surface area contributed by atoms with E-state index in [1.807, 2.05) is 0 Å². The van der Waals surface area contributed by atoms with Crippen LogP contribution in [0.2, 0.25) is 0 Å². The lowest BCUT2D eigenvalue weighted by molar-refractivity contribution is 0.402. The zero-order chi connectivity index (χ0) is 12.8. The largest absolute Gasteiger partial charge is 0.383 e. The summed E-state index contributed by atoms with van der Waals surface area (Å²) in [6.45, 7) is 3.20. The van der Waals surface area contributed by atoms with Crippen molar-refractivity contribution in [3.05, 3.63) is 29.8 Å². The molecule has 0 radical (unpaired) electrons. The fourth-order valence-corrected chi connectivity index (χ4v) is 2.48. The Morgan fingerprint density at radius 1 is 1.33 bits per heavy atom. The van der Waals surface area contributed by atoms with Crippen molar-refractivity contribution >= 4 is 5.69 Å². The molecule has 0 amide bonds. The van der Waals surface area contributed by atoms with Gasteiger partial charge in [0.15, 0.2) is 0 Å². The third-order valence-corrected chi connectivity index (χ3v) is 3.39. The summed E-state index contributed by atoms with van der Waals surface area (Å²) < 4.78 is 0. The van der Waals surface area contributed by atoms with Crippen molar-refractivity contribution < 1.29 is 0 Å². The molecule has 3 nitrogen and oxygen atoms in total. The molecule has 0 aliphatic carbocycles. The SMILES string of the molecule is CN(C)Cc1cccc(NCC2CCCCN2)c1. The van der Waals surface area contributed by atoms with Crippen molar-refractivity contribution in [3.8, 4) is 0 Å². The highest BCUT2D eigenvalue weighted by Gasteiger charge is 2.11. The maximum Gasteiger partial charge on any atom is 0.0343 e. The van der Waals surface area contributed by atoms with Crippen LogP contribution in [0.5, 0.6) is 0 Å². The van der Waals surface area contributed by atoms with Gasteiger partial charge in [0.2, 0.25) is 0 Å². The Morgan fingerprint density at radius 2 is 2.22 bits per heavy atom. The zero-order valence-electron chi connectivity index (χ0n) is 11.6. The van der Waals surface area contributed by atoms with Gasteiger partial charge < -0.3 is 15.5 Å². The summed E-state index contributed by atoms with van der Waals surface area (Å²) in [5.74, 6) is 0. The maximum absolute atomic E-state index is 3.57. The first-order valence-corrected chi connectivity index (χ1v) is 6.95. The molecule has 1 fully saturated rings. The van der Waals surface area contributed by atoms with Gasteiger partial charge in [-0.2, -0.15) is 0 Å². The van der Waals surface area contributed by atoms with Gasteiger partial charge in [0.25, 0.3) is 0 Å². The summed E-state index contributed by atoms with van der Waals surface area (Å²) in [6.07, 6.45) is 3.99. The van der Waals surface area contributed by atoms with E-state index in [4.69, 9.17) is 0 Å². The first-order chi connectivity index (χ1) is 8.74. The van der Waals surface area contributed by atoms with Gasteiger partial charge in [0.1, 0.15) is 0 Å². The van der Waals surface area contributed by atoms with Crippen molar-refractivity contribution in [2.75, 3.05) is 32.5 Å². The van der Waals surface area contributed by atoms with Crippen LogP contribution in [0.3, 0.4) is 0 Å². The molecule has 0 aromatic heterocycles. The summed E-state index contributed by atoms with van der Waals surface area (Å²) in [7, 11) is 4.21. The molecule has 100 valence electrons. The molecule has 1 aliphatic heterocycles. The fraction of sp³-hybridized carbons (Fsp3) is 0.600. The van der Waals surface area contributed by atoms with E-state index < -0.39 is 0 Å². The van der Waals surface area contributed by atoms with E-state index in [1.165, 1.54) is 37.1 Å². The van der Waals surface area contributed by atoms with Gasteiger partial charge in [0.05, 0.1) is 0 Å². The molecule has 1 heterocycles.